The summed E-state index contributed by atoms with van der Waals surface area (Å²) in [6.07, 6.45) is 2.50. The van der Waals surface area contributed by atoms with Gasteiger partial charge in [0.05, 0.1) is 12.0 Å². The number of hydrogen-bond donors (Lipinski definition) is 0. The summed E-state index contributed by atoms with van der Waals surface area (Å²) in [5.41, 5.74) is 0.589. The summed E-state index contributed by atoms with van der Waals surface area (Å²) in [5.74, 6) is 0.669. The van der Waals surface area contributed by atoms with Crippen LogP contribution >= 0.6 is 11.6 Å². The molecule has 0 aliphatic carbocycles. The van der Waals surface area contributed by atoms with Gasteiger partial charge in [0.15, 0.2) is 0 Å². The number of sulfonamides is 1. The van der Waals surface area contributed by atoms with Gasteiger partial charge in [-0.3, -0.25) is 4.79 Å². The van der Waals surface area contributed by atoms with Gasteiger partial charge in [-0.05, 0) is 23.8 Å². The Bertz CT molecular complexity index is 844. The number of benzene rings is 1. The SMILES string of the molecule is O=C(CCc1ccco1)N1CCN(S(=O)(=O)Cc2ccccc2Cl)CC1. The van der Waals surface area contributed by atoms with Crippen molar-refractivity contribution in [1.29, 1.82) is 0 Å². The van der Waals surface area contributed by atoms with Gasteiger partial charge >= 0.3 is 0 Å². The lowest BCUT2D eigenvalue weighted by atomic mass is 10.2. The third-order valence-corrected chi connectivity index (χ3v) is 6.64. The van der Waals surface area contributed by atoms with Crippen LogP contribution in [-0.4, -0.2) is 49.7 Å². The van der Waals surface area contributed by atoms with Gasteiger partial charge < -0.3 is 9.32 Å². The second-order valence-corrected chi connectivity index (χ2v) is 8.58. The van der Waals surface area contributed by atoms with Crippen LogP contribution in [-0.2, 0) is 27.0 Å². The zero-order valence-electron chi connectivity index (χ0n) is 14.3. The van der Waals surface area contributed by atoms with E-state index in [1.54, 1.807) is 41.5 Å². The predicted molar refractivity (Wildman–Crippen MR) is 99.3 cm³/mol. The summed E-state index contributed by atoms with van der Waals surface area (Å²) < 4.78 is 31.9. The van der Waals surface area contributed by atoms with Gasteiger partial charge in [-0.25, -0.2) is 8.42 Å². The van der Waals surface area contributed by atoms with Crippen molar-refractivity contribution < 1.29 is 17.6 Å². The maximum absolute atomic E-state index is 12.6. The Morgan fingerprint density at radius 3 is 2.46 bits per heavy atom. The number of hydrogen-bond acceptors (Lipinski definition) is 4. The van der Waals surface area contributed by atoms with Crippen LogP contribution in [0.4, 0.5) is 0 Å². The van der Waals surface area contributed by atoms with Crippen molar-refractivity contribution in [2.45, 2.75) is 18.6 Å². The van der Waals surface area contributed by atoms with Gasteiger partial charge in [0.2, 0.25) is 15.9 Å². The third-order valence-electron chi connectivity index (χ3n) is 4.45. The highest BCUT2D eigenvalue weighted by Gasteiger charge is 2.29. The molecule has 1 amide bonds. The molecule has 1 aromatic heterocycles. The van der Waals surface area contributed by atoms with Crippen molar-refractivity contribution in [2.75, 3.05) is 26.2 Å². The van der Waals surface area contributed by atoms with Gasteiger partial charge in [-0.2, -0.15) is 4.31 Å². The number of nitrogens with zero attached hydrogens (tertiary/aromatic N) is 2. The van der Waals surface area contributed by atoms with Crippen molar-refractivity contribution in [3.8, 4) is 0 Å². The van der Waals surface area contributed by atoms with Gasteiger partial charge in [-0.1, -0.05) is 29.8 Å². The minimum Gasteiger partial charge on any atom is -0.469 e. The average Bonchev–Trinajstić information content (AvgIpc) is 3.15. The largest absolute Gasteiger partial charge is 0.469 e. The van der Waals surface area contributed by atoms with Gasteiger partial charge in [0.25, 0.3) is 0 Å². The summed E-state index contributed by atoms with van der Waals surface area (Å²) in [4.78, 5) is 14.0. The van der Waals surface area contributed by atoms with Crippen LogP contribution in [0.15, 0.2) is 47.1 Å². The lowest BCUT2D eigenvalue weighted by Crippen LogP contribution is -2.50. The van der Waals surface area contributed by atoms with Crippen LogP contribution in [0.2, 0.25) is 5.02 Å². The number of carbonyl (C=O) groups is 1. The van der Waals surface area contributed by atoms with E-state index in [0.717, 1.165) is 5.76 Å². The Kier molecular flexibility index (Phi) is 6.01. The topological polar surface area (TPSA) is 70.8 Å². The number of piperazine rings is 1. The summed E-state index contributed by atoms with van der Waals surface area (Å²) in [6.45, 7) is 1.41. The Morgan fingerprint density at radius 1 is 1.08 bits per heavy atom. The fourth-order valence-electron chi connectivity index (χ4n) is 2.96. The van der Waals surface area contributed by atoms with E-state index in [1.165, 1.54) is 4.31 Å². The molecule has 140 valence electrons. The molecular weight excluding hydrogens is 376 g/mol. The van der Waals surface area contributed by atoms with Crippen LogP contribution in [0.25, 0.3) is 0 Å². The average molecular weight is 397 g/mol. The highest BCUT2D eigenvalue weighted by Crippen LogP contribution is 2.20. The van der Waals surface area contributed by atoms with Crippen LogP contribution < -0.4 is 0 Å². The highest BCUT2D eigenvalue weighted by molar-refractivity contribution is 7.88. The fourth-order valence-corrected chi connectivity index (χ4v) is 4.79. The first-order valence-corrected chi connectivity index (χ1v) is 10.5. The molecular formula is C18H21ClN2O4S. The summed E-state index contributed by atoms with van der Waals surface area (Å²) in [6, 6.07) is 10.6. The normalized spacial score (nSPS) is 16.0. The van der Waals surface area contributed by atoms with E-state index < -0.39 is 10.0 Å². The van der Waals surface area contributed by atoms with Crippen LogP contribution in [0.1, 0.15) is 17.7 Å². The molecule has 0 N–H and O–H groups in total. The molecule has 1 aromatic carbocycles. The van der Waals surface area contributed by atoms with Crippen molar-refractivity contribution in [1.82, 2.24) is 9.21 Å². The number of aryl methyl sites for hydroxylation is 1. The summed E-state index contributed by atoms with van der Waals surface area (Å²) >= 11 is 6.07. The summed E-state index contributed by atoms with van der Waals surface area (Å²) in [7, 11) is -3.46. The quantitative estimate of drug-likeness (QED) is 0.752. The first-order valence-electron chi connectivity index (χ1n) is 8.47. The zero-order valence-corrected chi connectivity index (χ0v) is 15.9. The maximum atomic E-state index is 12.6. The van der Waals surface area contributed by atoms with Gasteiger partial charge in [-0.15, -0.1) is 0 Å². The number of halogens is 1. The van der Waals surface area contributed by atoms with Crippen LogP contribution in [0.3, 0.4) is 0 Å². The van der Waals surface area contributed by atoms with E-state index in [0.29, 0.717) is 49.6 Å². The number of rotatable bonds is 6. The molecule has 1 saturated heterocycles. The monoisotopic (exact) mass is 396 g/mol. The molecule has 6 nitrogen and oxygen atoms in total. The molecule has 26 heavy (non-hydrogen) atoms. The Hall–Kier alpha value is -1.83. The van der Waals surface area contributed by atoms with Crippen molar-refractivity contribution in [3.05, 3.63) is 59.0 Å². The second kappa shape index (κ2) is 8.24. The fraction of sp³-hybridized carbons (Fsp3) is 0.389. The lowest BCUT2D eigenvalue weighted by Gasteiger charge is -2.34. The Labute approximate surface area is 158 Å². The Balaban J connectivity index is 1.52. The third kappa shape index (κ3) is 4.66. The molecule has 0 bridgehead atoms. The molecule has 1 fully saturated rings. The van der Waals surface area contributed by atoms with E-state index in [4.69, 9.17) is 16.0 Å². The molecule has 2 heterocycles. The first-order chi connectivity index (χ1) is 12.5. The molecule has 0 radical (unpaired) electrons. The van der Waals surface area contributed by atoms with Crippen LogP contribution in [0.5, 0.6) is 0 Å². The maximum Gasteiger partial charge on any atom is 0.223 e. The standard InChI is InChI=1S/C18H21ClN2O4S/c19-17-6-2-1-4-15(17)14-26(23,24)21-11-9-20(10-12-21)18(22)8-7-16-5-3-13-25-16/h1-6,13H,7-12,14H2. The second-order valence-electron chi connectivity index (χ2n) is 6.21. The molecule has 0 atom stereocenters. The molecule has 0 unspecified atom stereocenters. The van der Waals surface area contributed by atoms with Gasteiger partial charge in [0, 0.05) is 44.0 Å². The molecule has 8 heteroatoms. The number of furan rings is 1. The van der Waals surface area contributed by atoms with Gasteiger partial charge in [0.1, 0.15) is 5.76 Å². The van der Waals surface area contributed by atoms with E-state index >= 15 is 0 Å². The summed E-state index contributed by atoms with van der Waals surface area (Å²) in [5, 5.41) is 0.447. The smallest absolute Gasteiger partial charge is 0.223 e. The predicted octanol–water partition coefficient (Wildman–Crippen LogP) is 2.54. The minimum atomic E-state index is -3.46. The first kappa shape index (κ1) is 18.9. The molecule has 0 spiro atoms. The molecule has 3 rings (SSSR count). The van der Waals surface area contributed by atoms with E-state index in [-0.39, 0.29) is 11.7 Å². The highest BCUT2D eigenvalue weighted by atomic mass is 35.5. The minimum absolute atomic E-state index is 0.0181. The van der Waals surface area contributed by atoms with Crippen LogP contribution in [0, 0.1) is 0 Å². The number of amides is 1. The molecule has 0 saturated carbocycles. The number of carbonyl (C=O) groups excluding carboxylic acids is 1. The van der Waals surface area contributed by atoms with Crippen molar-refractivity contribution in [3.63, 3.8) is 0 Å². The zero-order chi connectivity index (χ0) is 18.6. The molecule has 1 aliphatic rings. The Morgan fingerprint density at radius 2 is 1.81 bits per heavy atom. The lowest BCUT2D eigenvalue weighted by molar-refractivity contribution is -0.132. The molecule has 1 aliphatic heterocycles. The molecule has 2 aromatic rings. The van der Waals surface area contributed by atoms with Crippen molar-refractivity contribution in [2.24, 2.45) is 0 Å². The van der Waals surface area contributed by atoms with E-state index in [2.05, 4.69) is 0 Å². The van der Waals surface area contributed by atoms with E-state index in [9.17, 15) is 13.2 Å². The van der Waals surface area contributed by atoms with E-state index in [1.807, 2.05) is 6.07 Å². The van der Waals surface area contributed by atoms with Crippen molar-refractivity contribution >= 4 is 27.5 Å².